The van der Waals surface area contributed by atoms with Crippen molar-refractivity contribution >= 4 is 29.9 Å². The number of aliphatic imine (C=N–C) groups is 1. The van der Waals surface area contributed by atoms with E-state index in [9.17, 15) is 8.78 Å². The minimum Gasteiger partial charge on any atom is -0.435 e. The van der Waals surface area contributed by atoms with Crippen molar-refractivity contribution in [3.8, 4) is 5.75 Å². The normalized spacial score (nSPS) is 15.8. The maximum absolute atomic E-state index is 12.3. The van der Waals surface area contributed by atoms with Crippen LogP contribution in [0.2, 0.25) is 0 Å². The molecule has 0 atom stereocenters. The van der Waals surface area contributed by atoms with Gasteiger partial charge in [0.15, 0.2) is 5.96 Å². The van der Waals surface area contributed by atoms with Crippen LogP contribution in [0.25, 0.3) is 0 Å². The number of methoxy groups -OCH3 is 1. The van der Waals surface area contributed by atoms with Crippen LogP contribution in [0.4, 0.5) is 8.78 Å². The molecule has 2 rings (SSSR count). The Kier molecular flexibility index (Phi) is 10.1. The summed E-state index contributed by atoms with van der Waals surface area (Å²) in [6.45, 7) is -0.719. The molecule has 0 bridgehead atoms. The minimum atomic E-state index is -2.82. The van der Waals surface area contributed by atoms with Crippen molar-refractivity contribution in [3.63, 3.8) is 0 Å². The van der Waals surface area contributed by atoms with Crippen LogP contribution >= 0.6 is 24.0 Å². The van der Waals surface area contributed by atoms with Gasteiger partial charge in [-0.25, -0.2) is 0 Å². The highest BCUT2D eigenvalue weighted by Gasteiger charge is 2.36. The van der Waals surface area contributed by atoms with Gasteiger partial charge in [-0.3, -0.25) is 4.99 Å². The van der Waals surface area contributed by atoms with Gasteiger partial charge in [-0.1, -0.05) is 18.6 Å². The number of hydrogen-bond acceptors (Lipinski definition) is 3. The van der Waals surface area contributed by atoms with Crippen molar-refractivity contribution in [2.24, 2.45) is 10.4 Å². The number of benzene rings is 1. The molecule has 26 heavy (non-hydrogen) atoms. The molecule has 0 radical (unpaired) electrons. The van der Waals surface area contributed by atoms with Gasteiger partial charge in [0.2, 0.25) is 0 Å². The summed E-state index contributed by atoms with van der Waals surface area (Å²) in [6, 6.07) is 6.65. The third-order valence-electron chi connectivity index (χ3n) is 4.69. The van der Waals surface area contributed by atoms with E-state index in [-0.39, 0.29) is 29.7 Å². The fourth-order valence-electron chi connectivity index (χ4n) is 3.02. The summed E-state index contributed by atoms with van der Waals surface area (Å²) < 4.78 is 34.2. The molecule has 1 aromatic rings. The number of guanidine groups is 1. The van der Waals surface area contributed by atoms with Crippen LogP contribution in [-0.4, -0.2) is 39.9 Å². The fraction of sp³-hybridized carbons (Fsp3) is 0.611. The number of halogens is 3. The molecule has 1 aliphatic carbocycles. The van der Waals surface area contributed by atoms with Crippen LogP contribution < -0.4 is 15.4 Å². The van der Waals surface area contributed by atoms with Crippen molar-refractivity contribution in [1.29, 1.82) is 0 Å². The van der Waals surface area contributed by atoms with Gasteiger partial charge in [0.05, 0.1) is 0 Å². The molecule has 0 spiro atoms. The van der Waals surface area contributed by atoms with Crippen LogP contribution in [0.3, 0.4) is 0 Å². The van der Waals surface area contributed by atoms with Crippen LogP contribution in [0.5, 0.6) is 5.75 Å². The first kappa shape index (κ1) is 22.9. The zero-order valence-corrected chi connectivity index (χ0v) is 17.6. The quantitative estimate of drug-likeness (QED) is 0.319. The Morgan fingerprint density at radius 3 is 2.65 bits per heavy atom. The molecule has 1 saturated carbocycles. The number of rotatable bonds is 9. The van der Waals surface area contributed by atoms with Crippen LogP contribution in [0.15, 0.2) is 29.3 Å². The lowest BCUT2D eigenvalue weighted by atomic mass is 9.67. The molecule has 0 heterocycles. The van der Waals surface area contributed by atoms with Gasteiger partial charge in [0, 0.05) is 33.9 Å². The number of alkyl halides is 2. The van der Waals surface area contributed by atoms with Crippen molar-refractivity contribution in [2.45, 2.75) is 38.8 Å². The van der Waals surface area contributed by atoms with Crippen LogP contribution in [-0.2, 0) is 11.3 Å². The first-order chi connectivity index (χ1) is 12.1. The predicted molar refractivity (Wildman–Crippen MR) is 109 cm³/mol. The maximum atomic E-state index is 12.3. The second kappa shape index (κ2) is 11.5. The summed E-state index contributed by atoms with van der Waals surface area (Å²) in [4.78, 5) is 4.23. The lowest BCUT2D eigenvalue weighted by Crippen LogP contribution is -2.46. The molecule has 1 aliphatic rings. The van der Waals surface area contributed by atoms with Crippen molar-refractivity contribution in [3.05, 3.63) is 29.8 Å². The third kappa shape index (κ3) is 7.22. The first-order valence-electron chi connectivity index (χ1n) is 8.54. The zero-order valence-electron chi connectivity index (χ0n) is 15.3. The van der Waals surface area contributed by atoms with E-state index in [4.69, 9.17) is 4.74 Å². The summed E-state index contributed by atoms with van der Waals surface area (Å²) in [6.07, 6.45) is 4.70. The number of nitrogens with one attached hydrogen (secondary N) is 2. The van der Waals surface area contributed by atoms with Gasteiger partial charge in [-0.05, 0) is 42.4 Å². The highest BCUT2D eigenvalue weighted by Crippen LogP contribution is 2.43. The molecule has 148 valence electrons. The highest BCUT2D eigenvalue weighted by molar-refractivity contribution is 14.0. The van der Waals surface area contributed by atoms with E-state index in [1.165, 1.54) is 25.3 Å². The molecule has 8 heteroatoms. The molecule has 5 nitrogen and oxygen atoms in total. The van der Waals surface area contributed by atoms with E-state index < -0.39 is 6.61 Å². The van der Waals surface area contributed by atoms with E-state index in [0.29, 0.717) is 17.9 Å². The molecule has 1 fully saturated rings. The van der Waals surface area contributed by atoms with Crippen molar-refractivity contribution in [2.75, 3.05) is 27.3 Å². The molecule has 2 N–H and O–H groups in total. The van der Waals surface area contributed by atoms with E-state index in [0.717, 1.165) is 25.1 Å². The fourth-order valence-corrected chi connectivity index (χ4v) is 3.02. The Hall–Kier alpha value is -1.16. The molecule has 0 aliphatic heterocycles. The van der Waals surface area contributed by atoms with Gasteiger partial charge in [-0.15, -0.1) is 24.0 Å². The SMILES string of the molecule is CN=C(NCc1cccc(OC(F)F)c1)NCC1(CCOC)CCC1.I. The Morgan fingerprint density at radius 2 is 2.08 bits per heavy atom. The standard InChI is InChI=1S/C18H27F2N3O2.HI/c1-21-17(23-13-18(7-4-8-18)9-10-24-2)22-12-14-5-3-6-15(11-14)25-16(19)20;/h3,5-6,11,16H,4,7-10,12-13H2,1-2H3,(H2,21,22,23);1H. The molecule has 0 aromatic heterocycles. The zero-order chi connectivity index (χ0) is 18.1. The summed E-state index contributed by atoms with van der Waals surface area (Å²) in [5, 5.41) is 6.58. The average Bonchev–Trinajstić information content (AvgIpc) is 2.56. The van der Waals surface area contributed by atoms with Gasteiger partial charge >= 0.3 is 6.61 Å². The third-order valence-corrected chi connectivity index (χ3v) is 4.69. The smallest absolute Gasteiger partial charge is 0.387 e. The second-order valence-electron chi connectivity index (χ2n) is 6.40. The summed E-state index contributed by atoms with van der Waals surface area (Å²) in [7, 11) is 3.44. The van der Waals surface area contributed by atoms with Gasteiger partial charge in [0.1, 0.15) is 5.75 Å². The summed E-state index contributed by atoms with van der Waals surface area (Å²) in [5.74, 6) is 0.856. The minimum absolute atomic E-state index is 0. The van der Waals surface area contributed by atoms with Crippen molar-refractivity contribution in [1.82, 2.24) is 10.6 Å². The summed E-state index contributed by atoms with van der Waals surface area (Å²) in [5.41, 5.74) is 1.14. The lowest BCUT2D eigenvalue weighted by Gasteiger charge is -2.42. The molecule has 0 amide bonds. The Morgan fingerprint density at radius 1 is 1.31 bits per heavy atom. The van der Waals surface area contributed by atoms with Gasteiger partial charge < -0.3 is 20.1 Å². The second-order valence-corrected chi connectivity index (χ2v) is 6.40. The highest BCUT2D eigenvalue weighted by atomic mass is 127. The molecule has 0 saturated heterocycles. The molecular weight excluding hydrogens is 455 g/mol. The lowest BCUT2D eigenvalue weighted by molar-refractivity contribution is -0.0498. The van der Waals surface area contributed by atoms with E-state index in [1.807, 2.05) is 6.07 Å². The number of nitrogens with zero attached hydrogens (tertiary/aromatic N) is 1. The largest absolute Gasteiger partial charge is 0.435 e. The van der Waals surface area contributed by atoms with Gasteiger partial charge in [-0.2, -0.15) is 8.78 Å². The monoisotopic (exact) mass is 483 g/mol. The van der Waals surface area contributed by atoms with Crippen LogP contribution in [0.1, 0.15) is 31.2 Å². The van der Waals surface area contributed by atoms with Crippen LogP contribution in [0, 0.1) is 5.41 Å². The topological polar surface area (TPSA) is 54.9 Å². The summed E-state index contributed by atoms with van der Waals surface area (Å²) >= 11 is 0. The first-order valence-corrected chi connectivity index (χ1v) is 8.54. The Labute approximate surface area is 171 Å². The van der Waals surface area contributed by atoms with Crippen molar-refractivity contribution < 1.29 is 18.3 Å². The predicted octanol–water partition coefficient (Wildman–Crippen LogP) is 3.78. The van der Waals surface area contributed by atoms with E-state index in [2.05, 4.69) is 20.4 Å². The van der Waals surface area contributed by atoms with E-state index >= 15 is 0 Å². The number of hydrogen-bond donors (Lipinski definition) is 2. The Balaban J connectivity index is 0.00000338. The maximum Gasteiger partial charge on any atom is 0.387 e. The van der Waals surface area contributed by atoms with Gasteiger partial charge in [0.25, 0.3) is 0 Å². The van der Waals surface area contributed by atoms with E-state index in [1.54, 1.807) is 26.3 Å². The average molecular weight is 483 g/mol. The molecule has 1 aromatic carbocycles. The Bertz CT molecular complexity index is 569. The number of ether oxygens (including phenoxy) is 2. The molecule has 0 unspecified atom stereocenters. The molecular formula is C18H28F2IN3O2.